The molecule has 1 fully saturated rings. The third-order valence-electron chi connectivity index (χ3n) is 2.91. The Kier molecular flexibility index (Phi) is 2.04. The molecule has 2 aromatic rings. The van der Waals surface area contributed by atoms with Crippen LogP contribution in [0.1, 0.15) is 24.5 Å². The third kappa shape index (κ3) is 1.43. The second-order valence-electron chi connectivity index (χ2n) is 4.16. The molecule has 2 N–H and O–H groups in total. The van der Waals surface area contributed by atoms with Crippen LogP contribution in [0.15, 0.2) is 18.2 Å². The van der Waals surface area contributed by atoms with Gasteiger partial charge in [0.15, 0.2) is 0 Å². The Morgan fingerprint density at radius 1 is 1.38 bits per heavy atom. The summed E-state index contributed by atoms with van der Waals surface area (Å²) in [5.74, 6) is 0.109. The van der Waals surface area contributed by atoms with Gasteiger partial charge in [0.05, 0.1) is 15.9 Å². The molecule has 0 saturated heterocycles. The first-order chi connectivity index (χ1) is 7.66. The predicted molar refractivity (Wildman–Crippen MR) is 63.1 cm³/mol. The van der Waals surface area contributed by atoms with Gasteiger partial charge in [-0.25, -0.2) is 4.39 Å². The molecule has 1 heterocycles. The number of pyridine rings is 1. The third-order valence-corrected chi connectivity index (χ3v) is 3.21. The topological polar surface area (TPSA) is 38.9 Å². The lowest BCUT2D eigenvalue weighted by Crippen LogP contribution is -1.97. The minimum Gasteiger partial charge on any atom is -0.398 e. The van der Waals surface area contributed by atoms with E-state index in [1.165, 1.54) is 12.1 Å². The Labute approximate surface area is 97.2 Å². The van der Waals surface area contributed by atoms with Crippen molar-refractivity contribution < 1.29 is 4.39 Å². The molecule has 1 saturated carbocycles. The molecule has 3 rings (SSSR count). The van der Waals surface area contributed by atoms with Crippen molar-refractivity contribution in [2.75, 3.05) is 5.73 Å². The molecular weight excluding hydrogens is 227 g/mol. The molecule has 0 unspecified atom stereocenters. The van der Waals surface area contributed by atoms with Crippen molar-refractivity contribution >= 4 is 28.2 Å². The van der Waals surface area contributed by atoms with Gasteiger partial charge in [0, 0.05) is 17.3 Å². The Morgan fingerprint density at radius 3 is 2.81 bits per heavy atom. The van der Waals surface area contributed by atoms with Crippen LogP contribution in [0.25, 0.3) is 10.9 Å². The summed E-state index contributed by atoms with van der Waals surface area (Å²) in [4.78, 5) is 4.41. The number of fused-ring (bicyclic) bond motifs is 1. The fraction of sp³-hybridized carbons (Fsp3) is 0.250. The van der Waals surface area contributed by atoms with Crippen LogP contribution in [0.5, 0.6) is 0 Å². The highest BCUT2D eigenvalue weighted by Crippen LogP contribution is 2.41. The number of benzene rings is 1. The van der Waals surface area contributed by atoms with Gasteiger partial charge in [0.25, 0.3) is 0 Å². The Hall–Kier alpha value is -1.35. The lowest BCUT2D eigenvalue weighted by atomic mass is 10.1. The maximum absolute atomic E-state index is 13.6. The van der Waals surface area contributed by atoms with E-state index in [0.717, 1.165) is 18.5 Å². The van der Waals surface area contributed by atoms with Crippen molar-refractivity contribution in [2.24, 2.45) is 0 Å². The summed E-state index contributed by atoms with van der Waals surface area (Å²) < 4.78 is 13.6. The maximum atomic E-state index is 13.6. The molecule has 82 valence electrons. The van der Waals surface area contributed by atoms with E-state index in [1.807, 2.05) is 0 Å². The van der Waals surface area contributed by atoms with Gasteiger partial charge >= 0.3 is 0 Å². The van der Waals surface area contributed by atoms with E-state index in [2.05, 4.69) is 4.98 Å². The molecule has 0 aliphatic heterocycles. The Bertz CT molecular complexity index is 579. The molecule has 0 bridgehead atoms. The van der Waals surface area contributed by atoms with Crippen molar-refractivity contribution in [3.8, 4) is 0 Å². The molecule has 1 aliphatic rings. The number of halogens is 2. The number of hydrogen-bond donors (Lipinski definition) is 1. The summed E-state index contributed by atoms with van der Waals surface area (Å²) in [6, 6.07) is 4.60. The summed E-state index contributed by atoms with van der Waals surface area (Å²) in [7, 11) is 0. The fourth-order valence-electron chi connectivity index (χ4n) is 1.91. The second-order valence-corrected chi connectivity index (χ2v) is 4.57. The van der Waals surface area contributed by atoms with Crippen LogP contribution in [-0.4, -0.2) is 4.98 Å². The van der Waals surface area contributed by atoms with E-state index in [-0.39, 0.29) is 5.82 Å². The molecule has 2 nitrogen and oxygen atoms in total. The van der Waals surface area contributed by atoms with E-state index in [4.69, 9.17) is 17.3 Å². The van der Waals surface area contributed by atoms with Crippen LogP contribution >= 0.6 is 11.6 Å². The molecule has 1 aromatic carbocycles. The highest BCUT2D eigenvalue weighted by atomic mass is 35.5. The largest absolute Gasteiger partial charge is 0.398 e. The number of rotatable bonds is 1. The van der Waals surface area contributed by atoms with Crippen LogP contribution < -0.4 is 5.73 Å². The first-order valence-corrected chi connectivity index (χ1v) is 5.59. The number of nitrogens with two attached hydrogens (primary N) is 1. The maximum Gasteiger partial charge on any atom is 0.134 e. The Balaban J connectivity index is 2.36. The summed E-state index contributed by atoms with van der Waals surface area (Å²) >= 11 is 6.01. The zero-order valence-electron chi connectivity index (χ0n) is 8.50. The zero-order valence-corrected chi connectivity index (χ0v) is 9.26. The highest BCUT2D eigenvalue weighted by molar-refractivity contribution is 6.35. The molecule has 0 spiro atoms. The van der Waals surface area contributed by atoms with Crippen LogP contribution in [0, 0.1) is 5.82 Å². The van der Waals surface area contributed by atoms with Crippen molar-refractivity contribution in [2.45, 2.75) is 18.8 Å². The average molecular weight is 237 g/mol. The lowest BCUT2D eigenvalue weighted by Gasteiger charge is -2.07. The van der Waals surface area contributed by atoms with Crippen molar-refractivity contribution in [3.63, 3.8) is 0 Å². The van der Waals surface area contributed by atoms with Gasteiger partial charge in [0.2, 0.25) is 0 Å². The second kappa shape index (κ2) is 3.32. The summed E-state index contributed by atoms with van der Waals surface area (Å²) in [6.07, 6.45) is 2.26. The number of hydrogen-bond acceptors (Lipinski definition) is 2. The van der Waals surface area contributed by atoms with E-state index >= 15 is 0 Å². The standard InChI is InChI=1S/C12H10ClFN2/c13-7-3-4-8(14)11-9(15)5-10(6-1-2-6)16-12(7)11/h3-6H,1-2H2,(H2,15,16). The zero-order chi connectivity index (χ0) is 11.3. The molecule has 1 aromatic heterocycles. The van der Waals surface area contributed by atoms with E-state index in [9.17, 15) is 4.39 Å². The smallest absolute Gasteiger partial charge is 0.134 e. The summed E-state index contributed by atoms with van der Waals surface area (Å²) in [6.45, 7) is 0. The fourth-order valence-corrected chi connectivity index (χ4v) is 2.11. The van der Waals surface area contributed by atoms with Gasteiger partial charge in [-0.1, -0.05) is 11.6 Å². The lowest BCUT2D eigenvalue weighted by molar-refractivity contribution is 0.640. The van der Waals surface area contributed by atoms with Gasteiger partial charge in [-0.3, -0.25) is 4.98 Å². The van der Waals surface area contributed by atoms with Gasteiger partial charge in [0.1, 0.15) is 5.82 Å². The molecule has 0 radical (unpaired) electrons. The number of nitrogens with zero attached hydrogens (tertiary/aromatic N) is 1. The number of anilines is 1. The molecular formula is C12H10ClFN2. The summed E-state index contributed by atoms with van der Waals surface area (Å²) in [5, 5.41) is 0.780. The minimum absolute atomic E-state index is 0.330. The minimum atomic E-state index is -0.369. The van der Waals surface area contributed by atoms with Crippen LogP contribution in [0.4, 0.5) is 10.1 Å². The molecule has 0 amide bonds. The molecule has 1 aliphatic carbocycles. The van der Waals surface area contributed by atoms with Gasteiger partial charge in [-0.15, -0.1) is 0 Å². The van der Waals surface area contributed by atoms with Gasteiger partial charge in [-0.2, -0.15) is 0 Å². The number of nitrogen functional groups attached to an aromatic ring is 1. The molecule has 4 heteroatoms. The monoisotopic (exact) mass is 236 g/mol. The quantitative estimate of drug-likeness (QED) is 0.823. The first kappa shape index (κ1) is 9.85. The van der Waals surface area contributed by atoms with Crippen molar-refractivity contribution in [1.82, 2.24) is 4.98 Å². The average Bonchev–Trinajstić information content (AvgIpc) is 3.06. The van der Waals surface area contributed by atoms with Gasteiger partial charge in [-0.05, 0) is 31.0 Å². The summed E-state index contributed by atoms with van der Waals surface area (Å²) in [5.41, 5.74) is 7.68. The SMILES string of the molecule is Nc1cc(C2CC2)nc2c(Cl)ccc(F)c12. The van der Waals surface area contributed by atoms with E-state index in [1.54, 1.807) is 6.07 Å². The molecule has 0 atom stereocenters. The van der Waals surface area contributed by atoms with E-state index in [0.29, 0.717) is 27.5 Å². The van der Waals surface area contributed by atoms with Crippen molar-refractivity contribution in [1.29, 1.82) is 0 Å². The molecule has 16 heavy (non-hydrogen) atoms. The van der Waals surface area contributed by atoms with Crippen molar-refractivity contribution in [3.05, 3.63) is 34.7 Å². The van der Waals surface area contributed by atoms with Crippen LogP contribution in [0.2, 0.25) is 5.02 Å². The van der Waals surface area contributed by atoms with Crippen LogP contribution in [-0.2, 0) is 0 Å². The predicted octanol–water partition coefficient (Wildman–Crippen LogP) is 3.49. The Morgan fingerprint density at radius 2 is 2.12 bits per heavy atom. The highest BCUT2D eigenvalue weighted by Gasteiger charge is 2.26. The van der Waals surface area contributed by atoms with Crippen LogP contribution in [0.3, 0.4) is 0 Å². The first-order valence-electron chi connectivity index (χ1n) is 5.21. The van der Waals surface area contributed by atoms with E-state index < -0.39 is 0 Å². The normalized spacial score (nSPS) is 15.6. The number of aromatic nitrogens is 1. The van der Waals surface area contributed by atoms with Gasteiger partial charge < -0.3 is 5.73 Å².